The first kappa shape index (κ1) is 13.6. The number of carbonyl (C=O) groups is 1. The Morgan fingerprint density at radius 2 is 2.05 bits per heavy atom. The molecule has 0 atom stereocenters. The third kappa shape index (κ3) is 3.20. The van der Waals surface area contributed by atoms with Gasteiger partial charge in [0.15, 0.2) is 5.17 Å². The van der Waals surface area contributed by atoms with E-state index < -0.39 is 0 Å². The number of halogens is 1. The molecule has 100 valence electrons. The van der Waals surface area contributed by atoms with Gasteiger partial charge in [-0.05, 0) is 52.0 Å². The Morgan fingerprint density at radius 1 is 1.25 bits per heavy atom. The molecule has 1 amide bonds. The van der Waals surface area contributed by atoms with Crippen molar-refractivity contribution in [3.05, 3.63) is 56.0 Å². The van der Waals surface area contributed by atoms with Crippen LogP contribution in [0.1, 0.15) is 4.88 Å². The van der Waals surface area contributed by atoms with Crippen molar-refractivity contribution in [3.8, 4) is 0 Å². The fourth-order valence-electron chi connectivity index (χ4n) is 1.63. The summed E-state index contributed by atoms with van der Waals surface area (Å²) >= 11 is 6.35. The summed E-state index contributed by atoms with van der Waals surface area (Å²) in [4.78, 5) is 18.0. The molecule has 1 N–H and O–H groups in total. The van der Waals surface area contributed by atoms with E-state index in [2.05, 4.69) is 26.2 Å². The molecule has 0 spiro atoms. The third-order valence-electron chi connectivity index (χ3n) is 2.50. The van der Waals surface area contributed by atoms with Crippen molar-refractivity contribution in [3.63, 3.8) is 0 Å². The summed E-state index contributed by atoms with van der Waals surface area (Å²) in [6.45, 7) is 0. The Kier molecular flexibility index (Phi) is 4.05. The van der Waals surface area contributed by atoms with Crippen LogP contribution in [0, 0.1) is 0 Å². The molecular weight excluding hydrogens is 356 g/mol. The molecule has 1 aromatic heterocycles. The first-order chi connectivity index (χ1) is 9.70. The maximum atomic E-state index is 11.9. The number of para-hydroxylation sites is 1. The highest BCUT2D eigenvalue weighted by atomic mass is 79.9. The van der Waals surface area contributed by atoms with Crippen molar-refractivity contribution in [2.24, 2.45) is 4.99 Å². The van der Waals surface area contributed by atoms with Gasteiger partial charge in [0.05, 0.1) is 10.6 Å². The van der Waals surface area contributed by atoms with Crippen LogP contribution in [0.3, 0.4) is 0 Å². The number of amides is 1. The minimum atomic E-state index is -0.103. The van der Waals surface area contributed by atoms with Gasteiger partial charge in [0.25, 0.3) is 5.91 Å². The summed E-state index contributed by atoms with van der Waals surface area (Å²) in [5, 5.41) is 5.38. The standard InChI is InChI=1S/C14H9BrN2OS2/c15-9-6-11(19-8-9)7-12-13(18)17-14(20-12)16-10-4-2-1-3-5-10/h1-8H,(H,16,17,18)/b12-7-. The van der Waals surface area contributed by atoms with E-state index in [0.717, 1.165) is 15.0 Å². The third-order valence-corrected chi connectivity index (χ3v) is 5.05. The summed E-state index contributed by atoms with van der Waals surface area (Å²) in [5.41, 5.74) is 0.829. The Morgan fingerprint density at radius 3 is 2.75 bits per heavy atom. The molecule has 0 aliphatic carbocycles. The maximum Gasteiger partial charge on any atom is 0.264 e. The number of hydrogen-bond donors (Lipinski definition) is 1. The van der Waals surface area contributed by atoms with E-state index in [1.54, 1.807) is 11.3 Å². The average Bonchev–Trinajstić information content (AvgIpc) is 2.98. The van der Waals surface area contributed by atoms with Gasteiger partial charge in [-0.3, -0.25) is 4.79 Å². The molecule has 20 heavy (non-hydrogen) atoms. The van der Waals surface area contributed by atoms with Crippen molar-refractivity contribution < 1.29 is 4.79 Å². The Balaban J connectivity index is 1.82. The van der Waals surface area contributed by atoms with Crippen LogP contribution >= 0.6 is 39.0 Å². The molecule has 1 saturated heterocycles. The molecule has 0 unspecified atom stereocenters. The van der Waals surface area contributed by atoms with E-state index in [4.69, 9.17) is 0 Å². The fraction of sp³-hybridized carbons (Fsp3) is 0. The minimum absolute atomic E-state index is 0.103. The Bertz CT molecular complexity index is 707. The quantitative estimate of drug-likeness (QED) is 0.802. The lowest BCUT2D eigenvalue weighted by Gasteiger charge is -1.94. The van der Waals surface area contributed by atoms with Gasteiger partial charge >= 0.3 is 0 Å². The average molecular weight is 365 g/mol. The highest BCUT2D eigenvalue weighted by Gasteiger charge is 2.23. The number of rotatable bonds is 2. The molecule has 1 aromatic carbocycles. The molecule has 3 nitrogen and oxygen atoms in total. The van der Waals surface area contributed by atoms with Gasteiger partial charge in [0.2, 0.25) is 0 Å². The number of nitrogens with one attached hydrogen (secondary N) is 1. The van der Waals surface area contributed by atoms with Crippen LogP contribution < -0.4 is 5.32 Å². The SMILES string of the molecule is O=C1NC(=Nc2ccccc2)S/C1=C\c1cc(Br)cs1. The molecule has 1 fully saturated rings. The maximum absolute atomic E-state index is 11.9. The predicted octanol–water partition coefficient (Wildman–Crippen LogP) is 4.40. The summed E-state index contributed by atoms with van der Waals surface area (Å²) < 4.78 is 1.02. The molecule has 1 aliphatic heterocycles. The van der Waals surface area contributed by atoms with Gasteiger partial charge in [0, 0.05) is 14.7 Å². The lowest BCUT2D eigenvalue weighted by molar-refractivity contribution is -0.115. The highest BCUT2D eigenvalue weighted by Crippen LogP contribution is 2.30. The van der Waals surface area contributed by atoms with Crippen LogP contribution in [0.15, 0.2) is 56.1 Å². The molecule has 0 radical (unpaired) electrons. The number of nitrogens with zero attached hydrogens (tertiary/aromatic N) is 1. The lowest BCUT2D eigenvalue weighted by atomic mass is 10.3. The summed E-state index contributed by atoms with van der Waals surface area (Å²) in [7, 11) is 0. The van der Waals surface area contributed by atoms with Gasteiger partial charge < -0.3 is 5.32 Å². The van der Waals surface area contributed by atoms with Crippen molar-refractivity contribution >= 4 is 61.9 Å². The lowest BCUT2D eigenvalue weighted by Crippen LogP contribution is -2.19. The molecular formula is C14H9BrN2OS2. The largest absolute Gasteiger partial charge is 0.300 e. The van der Waals surface area contributed by atoms with Crippen LogP contribution in [-0.4, -0.2) is 11.1 Å². The highest BCUT2D eigenvalue weighted by molar-refractivity contribution is 9.10. The minimum Gasteiger partial charge on any atom is -0.300 e. The second-order valence-corrected chi connectivity index (χ2v) is 6.87. The van der Waals surface area contributed by atoms with Crippen LogP contribution in [0.4, 0.5) is 5.69 Å². The normalized spacial score (nSPS) is 18.8. The Labute approximate surface area is 132 Å². The number of thioether (sulfide) groups is 1. The molecule has 2 aromatic rings. The first-order valence-electron chi connectivity index (χ1n) is 5.79. The van der Waals surface area contributed by atoms with Gasteiger partial charge in [-0.2, -0.15) is 0 Å². The molecule has 3 rings (SSSR count). The summed E-state index contributed by atoms with van der Waals surface area (Å²) in [6, 6.07) is 11.6. The molecule has 6 heteroatoms. The van der Waals surface area contributed by atoms with Crippen LogP contribution in [0.25, 0.3) is 6.08 Å². The smallest absolute Gasteiger partial charge is 0.264 e. The fourth-order valence-corrected chi connectivity index (χ4v) is 3.92. The van der Waals surface area contributed by atoms with E-state index in [9.17, 15) is 4.79 Å². The number of benzene rings is 1. The van der Waals surface area contributed by atoms with Crippen molar-refractivity contribution in [1.82, 2.24) is 5.32 Å². The van der Waals surface area contributed by atoms with Crippen LogP contribution in [-0.2, 0) is 4.79 Å². The van der Waals surface area contributed by atoms with Gasteiger partial charge in [-0.25, -0.2) is 4.99 Å². The van der Waals surface area contributed by atoms with E-state index in [1.165, 1.54) is 11.8 Å². The van der Waals surface area contributed by atoms with Gasteiger partial charge in [-0.15, -0.1) is 11.3 Å². The summed E-state index contributed by atoms with van der Waals surface area (Å²) in [5.74, 6) is -0.103. The van der Waals surface area contributed by atoms with Gasteiger partial charge in [-0.1, -0.05) is 18.2 Å². The first-order valence-corrected chi connectivity index (χ1v) is 8.28. The second kappa shape index (κ2) is 5.95. The number of hydrogen-bond acceptors (Lipinski definition) is 4. The van der Waals surface area contributed by atoms with Crippen molar-refractivity contribution in [1.29, 1.82) is 0 Å². The second-order valence-electron chi connectivity index (χ2n) is 3.98. The van der Waals surface area contributed by atoms with E-state index >= 15 is 0 Å². The number of thiophene rings is 1. The molecule has 2 heterocycles. The molecule has 0 saturated carbocycles. The monoisotopic (exact) mass is 364 g/mol. The van der Waals surface area contributed by atoms with Crippen LogP contribution in [0.5, 0.6) is 0 Å². The van der Waals surface area contributed by atoms with Gasteiger partial charge in [0.1, 0.15) is 0 Å². The number of carbonyl (C=O) groups excluding carboxylic acids is 1. The van der Waals surface area contributed by atoms with E-state index in [1.807, 2.05) is 47.9 Å². The molecule has 1 aliphatic rings. The van der Waals surface area contributed by atoms with Crippen LogP contribution in [0.2, 0.25) is 0 Å². The zero-order chi connectivity index (χ0) is 13.9. The van der Waals surface area contributed by atoms with Crippen molar-refractivity contribution in [2.75, 3.05) is 0 Å². The van der Waals surface area contributed by atoms with Crippen molar-refractivity contribution in [2.45, 2.75) is 0 Å². The Hall–Kier alpha value is -1.37. The van der Waals surface area contributed by atoms with E-state index in [-0.39, 0.29) is 5.91 Å². The zero-order valence-electron chi connectivity index (χ0n) is 10.2. The zero-order valence-corrected chi connectivity index (χ0v) is 13.4. The summed E-state index contributed by atoms with van der Waals surface area (Å²) in [6.07, 6.45) is 1.88. The predicted molar refractivity (Wildman–Crippen MR) is 89.3 cm³/mol. The molecule has 0 bridgehead atoms. The number of aliphatic imine (C=N–C) groups is 1. The number of amidine groups is 1. The topological polar surface area (TPSA) is 41.5 Å². The van der Waals surface area contributed by atoms with E-state index in [0.29, 0.717) is 10.1 Å².